The van der Waals surface area contributed by atoms with Crippen LogP contribution in [0, 0.1) is 11.3 Å². The highest BCUT2D eigenvalue weighted by atomic mass is 16.5. The largest absolute Gasteiger partial charge is 0.497 e. The highest BCUT2D eigenvalue weighted by molar-refractivity contribution is 5.85. The average Bonchev–Trinajstić information content (AvgIpc) is 3.29. The van der Waals surface area contributed by atoms with Crippen molar-refractivity contribution >= 4 is 10.9 Å². The van der Waals surface area contributed by atoms with Crippen molar-refractivity contribution in [3.63, 3.8) is 0 Å². The van der Waals surface area contributed by atoms with Gasteiger partial charge in [0.1, 0.15) is 5.75 Å². The summed E-state index contributed by atoms with van der Waals surface area (Å²) in [4.78, 5) is 3.32. The number of aromatic amines is 1. The van der Waals surface area contributed by atoms with Crippen LogP contribution in [0.4, 0.5) is 0 Å². The number of methoxy groups -OCH3 is 1. The maximum absolute atomic E-state index is 9.11. The molecule has 4 rings (SSSR count). The molecule has 0 spiro atoms. The van der Waals surface area contributed by atoms with Crippen molar-refractivity contribution in [3.8, 4) is 11.8 Å². The predicted octanol–water partition coefficient (Wildman–Crippen LogP) is 3.74. The molecule has 2 N–H and O–H groups in total. The normalized spacial score (nSPS) is 18.9. The first-order valence-corrected chi connectivity index (χ1v) is 8.66. The van der Waals surface area contributed by atoms with Gasteiger partial charge in [0.2, 0.25) is 0 Å². The highest BCUT2D eigenvalue weighted by Gasteiger charge is 2.39. The van der Waals surface area contributed by atoms with Gasteiger partial charge >= 0.3 is 0 Å². The van der Waals surface area contributed by atoms with E-state index >= 15 is 0 Å². The lowest BCUT2D eigenvalue weighted by molar-refractivity contribution is 0.414. The number of hydrogen-bond donors (Lipinski definition) is 2. The Morgan fingerprint density at radius 3 is 3.04 bits per heavy atom. The fourth-order valence-electron chi connectivity index (χ4n) is 3.51. The Balaban J connectivity index is 1.37. The summed E-state index contributed by atoms with van der Waals surface area (Å²) < 4.78 is 5.27. The van der Waals surface area contributed by atoms with E-state index in [1.807, 2.05) is 30.3 Å². The van der Waals surface area contributed by atoms with E-state index in [0.717, 1.165) is 36.2 Å². The summed E-state index contributed by atoms with van der Waals surface area (Å²) in [6.07, 6.45) is 4.24. The van der Waals surface area contributed by atoms with Crippen LogP contribution in [0.3, 0.4) is 0 Å². The van der Waals surface area contributed by atoms with Gasteiger partial charge in [0.25, 0.3) is 0 Å². The van der Waals surface area contributed by atoms with Gasteiger partial charge in [0.15, 0.2) is 0 Å². The molecule has 3 aromatic rings. The van der Waals surface area contributed by atoms with Gasteiger partial charge in [-0.2, -0.15) is 5.26 Å². The lowest BCUT2D eigenvalue weighted by Gasteiger charge is -2.06. The van der Waals surface area contributed by atoms with Gasteiger partial charge in [0, 0.05) is 29.1 Å². The fourth-order valence-corrected chi connectivity index (χ4v) is 3.51. The van der Waals surface area contributed by atoms with Crippen molar-refractivity contribution in [1.82, 2.24) is 10.3 Å². The molecule has 0 amide bonds. The number of ether oxygens (including phenoxy) is 1. The van der Waals surface area contributed by atoms with Crippen LogP contribution in [0.1, 0.15) is 29.0 Å². The van der Waals surface area contributed by atoms with E-state index < -0.39 is 0 Å². The third-order valence-corrected chi connectivity index (χ3v) is 4.99. The molecule has 0 radical (unpaired) electrons. The minimum atomic E-state index is 0.523. The molecule has 4 nitrogen and oxygen atoms in total. The molecule has 25 heavy (non-hydrogen) atoms. The lowest BCUT2D eigenvalue weighted by atomic mass is 10.1. The van der Waals surface area contributed by atoms with E-state index in [2.05, 4.69) is 34.7 Å². The Morgan fingerprint density at radius 1 is 1.28 bits per heavy atom. The van der Waals surface area contributed by atoms with Crippen molar-refractivity contribution in [3.05, 3.63) is 65.4 Å². The Kier molecular flexibility index (Phi) is 4.17. The van der Waals surface area contributed by atoms with Gasteiger partial charge in [-0.3, -0.25) is 0 Å². The molecule has 1 aromatic heterocycles. The Morgan fingerprint density at radius 2 is 2.20 bits per heavy atom. The lowest BCUT2D eigenvalue weighted by Crippen LogP contribution is -2.20. The number of nitrogens with one attached hydrogen (secondary N) is 2. The molecule has 1 aliphatic carbocycles. The quantitative estimate of drug-likeness (QED) is 0.723. The number of nitrogens with zero attached hydrogens (tertiary/aromatic N) is 1. The minimum Gasteiger partial charge on any atom is -0.497 e. The van der Waals surface area contributed by atoms with Gasteiger partial charge < -0.3 is 15.0 Å². The molecule has 0 bridgehead atoms. The third kappa shape index (κ3) is 3.24. The van der Waals surface area contributed by atoms with E-state index in [-0.39, 0.29) is 0 Å². The summed E-state index contributed by atoms with van der Waals surface area (Å²) in [6, 6.07) is 16.8. The van der Waals surface area contributed by atoms with Crippen LogP contribution in [0.2, 0.25) is 0 Å². The summed E-state index contributed by atoms with van der Waals surface area (Å²) in [6.45, 7) is 0.958. The molecule has 4 heteroatoms. The molecule has 0 saturated heterocycles. The van der Waals surface area contributed by atoms with Crippen LogP contribution >= 0.6 is 0 Å². The molecule has 1 aliphatic rings. The van der Waals surface area contributed by atoms with Crippen molar-refractivity contribution in [2.24, 2.45) is 0 Å². The van der Waals surface area contributed by atoms with Crippen molar-refractivity contribution in [2.75, 3.05) is 13.7 Å². The molecule has 0 aliphatic heterocycles. The van der Waals surface area contributed by atoms with Gasteiger partial charge in [0.05, 0.1) is 18.7 Å². The van der Waals surface area contributed by atoms with E-state index in [1.165, 1.54) is 16.5 Å². The first-order valence-electron chi connectivity index (χ1n) is 8.66. The number of hydrogen-bond acceptors (Lipinski definition) is 3. The highest BCUT2D eigenvalue weighted by Crippen LogP contribution is 2.43. The van der Waals surface area contributed by atoms with E-state index in [4.69, 9.17) is 10.00 Å². The summed E-state index contributed by atoms with van der Waals surface area (Å²) in [5, 5.41) is 13.9. The zero-order valence-electron chi connectivity index (χ0n) is 14.3. The number of H-pyrrole nitrogens is 1. The predicted molar refractivity (Wildman–Crippen MR) is 98.9 cm³/mol. The summed E-state index contributed by atoms with van der Waals surface area (Å²) in [7, 11) is 1.70. The topological polar surface area (TPSA) is 60.8 Å². The third-order valence-electron chi connectivity index (χ3n) is 4.99. The smallest absolute Gasteiger partial charge is 0.119 e. The Labute approximate surface area is 147 Å². The molecular weight excluding hydrogens is 310 g/mol. The van der Waals surface area contributed by atoms with E-state index in [1.54, 1.807) is 7.11 Å². The maximum atomic E-state index is 9.11. The summed E-state index contributed by atoms with van der Waals surface area (Å²) in [5.41, 5.74) is 4.44. The first kappa shape index (κ1) is 15.7. The zero-order chi connectivity index (χ0) is 17.2. The second kappa shape index (κ2) is 6.62. The standard InChI is InChI=1S/C21H21N3O/c1-25-16-4-2-3-14(9-16)7-8-23-21-11-18(21)19-13-24-20-6-5-15(12-22)10-17(19)20/h2-6,9-10,13,18,21,23-24H,7-8,11H2,1H3. The molecule has 1 heterocycles. The van der Waals surface area contributed by atoms with Crippen molar-refractivity contribution in [1.29, 1.82) is 5.26 Å². The van der Waals surface area contributed by atoms with Crippen LogP contribution in [-0.2, 0) is 6.42 Å². The van der Waals surface area contributed by atoms with Crippen molar-refractivity contribution < 1.29 is 4.74 Å². The molecule has 1 saturated carbocycles. The van der Waals surface area contributed by atoms with Gasteiger partial charge in [-0.05, 0) is 60.8 Å². The number of rotatable bonds is 6. The summed E-state index contributed by atoms with van der Waals surface area (Å²) in [5.74, 6) is 1.45. The Hall–Kier alpha value is -2.77. The maximum Gasteiger partial charge on any atom is 0.119 e. The van der Waals surface area contributed by atoms with Crippen LogP contribution in [-0.4, -0.2) is 24.7 Å². The summed E-state index contributed by atoms with van der Waals surface area (Å²) >= 11 is 0. The van der Waals surface area contributed by atoms with E-state index in [0.29, 0.717) is 12.0 Å². The molecule has 2 aromatic carbocycles. The number of fused-ring (bicyclic) bond motifs is 1. The molecule has 2 atom stereocenters. The number of aromatic nitrogens is 1. The average molecular weight is 331 g/mol. The molecule has 1 fully saturated rings. The van der Waals surface area contributed by atoms with Crippen molar-refractivity contribution in [2.45, 2.75) is 24.8 Å². The number of nitriles is 1. The SMILES string of the molecule is COc1cccc(CCNC2CC2c2c[nH]c3ccc(C#N)cc23)c1. The van der Waals surface area contributed by atoms with E-state index in [9.17, 15) is 0 Å². The second-order valence-corrected chi connectivity index (χ2v) is 6.62. The second-order valence-electron chi connectivity index (χ2n) is 6.62. The molecular formula is C21H21N3O. The Bertz CT molecular complexity index is 938. The van der Waals surface area contributed by atoms with Gasteiger partial charge in [-0.15, -0.1) is 0 Å². The van der Waals surface area contributed by atoms with Crippen LogP contribution in [0.25, 0.3) is 10.9 Å². The minimum absolute atomic E-state index is 0.523. The molecule has 126 valence electrons. The van der Waals surface area contributed by atoms with Crippen LogP contribution in [0.5, 0.6) is 5.75 Å². The number of benzene rings is 2. The first-order chi connectivity index (χ1) is 12.3. The fraction of sp³-hybridized carbons (Fsp3) is 0.286. The van der Waals surface area contributed by atoms with Gasteiger partial charge in [-0.1, -0.05) is 12.1 Å². The van der Waals surface area contributed by atoms with Crippen LogP contribution < -0.4 is 10.1 Å². The van der Waals surface area contributed by atoms with Gasteiger partial charge in [-0.25, -0.2) is 0 Å². The monoisotopic (exact) mass is 331 g/mol. The zero-order valence-corrected chi connectivity index (χ0v) is 14.3. The molecule has 2 unspecified atom stereocenters. The van der Waals surface area contributed by atoms with Crippen LogP contribution in [0.15, 0.2) is 48.7 Å².